The third-order valence-corrected chi connectivity index (χ3v) is 4.85. The Hall–Kier alpha value is -2.16. The van der Waals surface area contributed by atoms with E-state index in [-0.39, 0.29) is 36.0 Å². The maximum absolute atomic E-state index is 12.2. The number of allylic oxidation sites excluding steroid dienone is 2. The quantitative estimate of drug-likeness (QED) is 0.617. The third-order valence-electron chi connectivity index (χ3n) is 3.71. The molecule has 2 heterocycles. The molecule has 0 unspecified atom stereocenters. The fourth-order valence-corrected chi connectivity index (χ4v) is 3.43. The zero-order chi connectivity index (χ0) is 17.6. The van der Waals surface area contributed by atoms with Gasteiger partial charge in [0, 0.05) is 25.7 Å². The number of nitrogens with zero attached hydrogens (tertiary/aromatic N) is 2. The van der Waals surface area contributed by atoms with Crippen molar-refractivity contribution in [1.82, 2.24) is 10.2 Å². The van der Waals surface area contributed by atoms with Gasteiger partial charge in [-0.25, -0.2) is 8.42 Å². The third kappa shape index (κ3) is 5.19. The van der Waals surface area contributed by atoms with Gasteiger partial charge >= 0.3 is 5.97 Å². The van der Waals surface area contributed by atoms with Crippen molar-refractivity contribution in [2.45, 2.75) is 32.1 Å². The van der Waals surface area contributed by atoms with Gasteiger partial charge in [-0.15, -0.1) is 4.40 Å². The van der Waals surface area contributed by atoms with Gasteiger partial charge in [-0.3, -0.25) is 9.59 Å². The molecule has 9 heteroatoms. The number of unbranched alkanes of at least 4 members (excludes halogenated alkanes) is 3. The van der Waals surface area contributed by atoms with Crippen molar-refractivity contribution in [3.63, 3.8) is 0 Å². The van der Waals surface area contributed by atoms with Crippen LogP contribution in [-0.4, -0.2) is 55.0 Å². The number of rotatable bonds is 8. The van der Waals surface area contributed by atoms with Crippen LogP contribution in [0.3, 0.4) is 0 Å². The summed E-state index contributed by atoms with van der Waals surface area (Å²) in [7, 11) is -3.52. The topological polar surface area (TPSA) is 116 Å². The second-order valence-corrected chi connectivity index (χ2v) is 7.38. The molecule has 2 aliphatic heterocycles. The highest BCUT2D eigenvalue weighted by molar-refractivity contribution is 7.90. The number of carboxylic acid groups (broad SMARTS) is 1. The lowest BCUT2D eigenvalue weighted by atomic mass is 10.1. The molecule has 0 saturated heterocycles. The minimum atomic E-state index is -3.52. The van der Waals surface area contributed by atoms with Crippen molar-refractivity contribution in [1.29, 1.82) is 0 Å². The van der Waals surface area contributed by atoms with Crippen LogP contribution in [0.2, 0.25) is 0 Å². The van der Waals surface area contributed by atoms with Crippen LogP contribution in [-0.2, 0) is 19.6 Å². The van der Waals surface area contributed by atoms with E-state index < -0.39 is 16.0 Å². The zero-order valence-electron chi connectivity index (χ0n) is 13.3. The highest BCUT2D eigenvalue weighted by Crippen LogP contribution is 2.17. The fourth-order valence-electron chi connectivity index (χ4n) is 2.45. The Balaban J connectivity index is 1.82. The van der Waals surface area contributed by atoms with E-state index in [4.69, 9.17) is 5.11 Å². The fraction of sp³-hybridized carbons (Fsp3) is 0.533. The first-order chi connectivity index (χ1) is 11.4. The minimum Gasteiger partial charge on any atom is -0.481 e. The van der Waals surface area contributed by atoms with Crippen molar-refractivity contribution in [3.05, 3.63) is 23.9 Å². The van der Waals surface area contributed by atoms with Gasteiger partial charge in [-0.2, -0.15) is 0 Å². The van der Waals surface area contributed by atoms with Gasteiger partial charge < -0.3 is 15.3 Å². The first kappa shape index (κ1) is 18.2. The molecule has 8 nitrogen and oxygen atoms in total. The predicted molar refractivity (Wildman–Crippen MR) is 88.9 cm³/mol. The average molecular weight is 355 g/mol. The maximum Gasteiger partial charge on any atom is 0.303 e. The summed E-state index contributed by atoms with van der Waals surface area (Å²) in [6.07, 6.45) is 8.10. The lowest BCUT2D eigenvalue weighted by molar-refractivity contribution is -0.137. The molecule has 0 atom stereocenters. The van der Waals surface area contributed by atoms with Crippen LogP contribution in [0.5, 0.6) is 0 Å². The van der Waals surface area contributed by atoms with E-state index in [0.29, 0.717) is 13.0 Å². The Kier molecular flexibility index (Phi) is 6.13. The van der Waals surface area contributed by atoms with Crippen LogP contribution in [0.15, 0.2) is 28.3 Å². The number of hydrogen-bond acceptors (Lipinski definition) is 5. The Bertz CT molecular complexity index is 694. The molecule has 0 aliphatic carbocycles. The molecule has 0 aromatic heterocycles. The Labute approximate surface area is 141 Å². The number of amidine groups is 1. The molecule has 132 valence electrons. The van der Waals surface area contributed by atoms with E-state index in [1.54, 1.807) is 23.3 Å². The standard InChI is InChI=1S/C15H21N3O5S/c19-13(20)7-3-1-2-4-8-16-15(21)12-6-5-9-18-10-11-24(22,23)17-14(12)18/h5-6,9H,1-4,7-8,10-11H2,(H,16,21)(H,19,20). The molecular weight excluding hydrogens is 334 g/mol. The summed E-state index contributed by atoms with van der Waals surface area (Å²) in [5, 5.41) is 11.3. The molecule has 2 rings (SSSR count). The van der Waals surface area contributed by atoms with Crippen molar-refractivity contribution in [2.24, 2.45) is 4.40 Å². The number of carbonyl (C=O) groups excluding carboxylic acids is 1. The van der Waals surface area contributed by atoms with E-state index in [9.17, 15) is 18.0 Å². The predicted octanol–water partition coefficient (Wildman–Crippen LogP) is 0.635. The van der Waals surface area contributed by atoms with E-state index in [2.05, 4.69) is 9.71 Å². The van der Waals surface area contributed by atoms with Crippen LogP contribution in [0.25, 0.3) is 0 Å². The highest BCUT2D eigenvalue weighted by atomic mass is 32.2. The molecule has 0 fully saturated rings. The molecular formula is C15H21N3O5S. The molecule has 0 aromatic carbocycles. The van der Waals surface area contributed by atoms with Gasteiger partial charge in [0.1, 0.15) is 0 Å². The smallest absolute Gasteiger partial charge is 0.303 e. The van der Waals surface area contributed by atoms with Gasteiger partial charge in [-0.05, 0) is 25.0 Å². The Morgan fingerprint density at radius 1 is 1.25 bits per heavy atom. The second-order valence-electron chi connectivity index (χ2n) is 5.63. The van der Waals surface area contributed by atoms with E-state index >= 15 is 0 Å². The normalized spacial score (nSPS) is 18.4. The van der Waals surface area contributed by atoms with Crippen molar-refractivity contribution in [3.8, 4) is 0 Å². The summed E-state index contributed by atoms with van der Waals surface area (Å²) in [4.78, 5) is 24.3. The maximum atomic E-state index is 12.2. The molecule has 2 N–H and O–H groups in total. The number of amides is 1. The zero-order valence-corrected chi connectivity index (χ0v) is 14.1. The molecule has 0 saturated carbocycles. The number of nitrogens with one attached hydrogen (secondary N) is 1. The van der Waals surface area contributed by atoms with Crippen LogP contribution >= 0.6 is 0 Å². The van der Waals surface area contributed by atoms with Crippen molar-refractivity contribution >= 4 is 27.7 Å². The molecule has 0 aromatic rings. The lowest BCUT2D eigenvalue weighted by Crippen LogP contribution is -2.42. The molecule has 0 radical (unpaired) electrons. The summed E-state index contributed by atoms with van der Waals surface area (Å²) < 4.78 is 27.0. The largest absolute Gasteiger partial charge is 0.481 e. The summed E-state index contributed by atoms with van der Waals surface area (Å²) in [5.74, 6) is -1.05. The monoisotopic (exact) mass is 355 g/mol. The summed E-state index contributed by atoms with van der Waals surface area (Å²) in [6.45, 7) is 0.735. The molecule has 1 amide bonds. The summed E-state index contributed by atoms with van der Waals surface area (Å²) >= 11 is 0. The highest BCUT2D eigenvalue weighted by Gasteiger charge is 2.29. The van der Waals surface area contributed by atoms with E-state index in [1.165, 1.54) is 0 Å². The van der Waals surface area contributed by atoms with Crippen LogP contribution in [0.4, 0.5) is 0 Å². The first-order valence-corrected chi connectivity index (χ1v) is 9.48. The Morgan fingerprint density at radius 2 is 2.00 bits per heavy atom. The van der Waals surface area contributed by atoms with Gasteiger partial charge in [0.25, 0.3) is 15.9 Å². The summed E-state index contributed by atoms with van der Waals surface area (Å²) in [5.41, 5.74) is 0.242. The second kappa shape index (κ2) is 8.09. The van der Waals surface area contributed by atoms with Gasteiger partial charge in [0.2, 0.25) is 0 Å². The molecule has 0 bridgehead atoms. The van der Waals surface area contributed by atoms with Crippen LogP contribution < -0.4 is 5.32 Å². The molecule has 2 aliphatic rings. The molecule has 0 spiro atoms. The van der Waals surface area contributed by atoms with Gasteiger partial charge in [-0.1, -0.05) is 12.8 Å². The number of aliphatic carboxylic acids is 1. The van der Waals surface area contributed by atoms with Crippen LogP contribution in [0.1, 0.15) is 32.1 Å². The van der Waals surface area contributed by atoms with E-state index in [1.807, 2.05) is 0 Å². The lowest BCUT2D eigenvalue weighted by Gasteiger charge is -2.28. The summed E-state index contributed by atoms with van der Waals surface area (Å²) in [6, 6.07) is 0. The minimum absolute atomic E-state index is 0.0634. The number of fused-ring (bicyclic) bond motifs is 1. The number of carbonyl (C=O) groups is 2. The van der Waals surface area contributed by atoms with Crippen LogP contribution in [0, 0.1) is 0 Å². The number of sulfonamides is 1. The first-order valence-electron chi connectivity index (χ1n) is 7.87. The Morgan fingerprint density at radius 3 is 2.75 bits per heavy atom. The van der Waals surface area contributed by atoms with Gasteiger partial charge in [0.15, 0.2) is 5.84 Å². The number of hydrogen-bond donors (Lipinski definition) is 2. The van der Waals surface area contributed by atoms with E-state index in [0.717, 1.165) is 19.3 Å². The van der Waals surface area contributed by atoms with Crippen molar-refractivity contribution in [2.75, 3.05) is 18.8 Å². The number of carboxylic acids is 1. The average Bonchev–Trinajstić information content (AvgIpc) is 2.52. The van der Waals surface area contributed by atoms with Gasteiger partial charge in [0.05, 0.1) is 11.3 Å². The SMILES string of the molecule is O=C(O)CCCCCCNC(=O)C1=CC=CN2CCS(=O)(=O)N=C12. The molecule has 24 heavy (non-hydrogen) atoms. The van der Waals surface area contributed by atoms with Crippen molar-refractivity contribution < 1.29 is 23.1 Å².